The van der Waals surface area contributed by atoms with E-state index in [0.29, 0.717) is 26.1 Å². The lowest BCUT2D eigenvalue weighted by molar-refractivity contribution is -0.119. The first-order chi connectivity index (χ1) is 12.3. The van der Waals surface area contributed by atoms with Crippen molar-refractivity contribution in [2.75, 3.05) is 19.6 Å². The van der Waals surface area contributed by atoms with Crippen molar-refractivity contribution in [3.05, 3.63) is 29.8 Å². The number of rotatable bonds is 8. The normalized spacial score (nSPS) is 16.0. The highest BCUT2D eigenvalue weighted by atomic mass is 32.2. The van der Waals surface area contributed by atoms with Crippen molar-refractivity contribution in [1.29, 1.82) is 5.41 Å². The first-order valence-corrected chi connectivity index (χ1v) is 10.4. The van der Waals surface area contributed by atoms with Gasteiger partial charge in [-0.2, -0.15) is 0 Å². The van der Waals surface area contributed by atoms with Crippen LogP contribution in [0.1, 0.15) is 39.2 Å². The summed E-state index contributed by atoms with van der Waals surface area (Å²) in [4.78, 5) is 13.1. The van der Waals surface area contributed by atoms with Crippen LogP contribution in [0.5, 0.6) is 0 Å². The van der Waals surface area contributed by atoms with Crippen LogP contribution in [0.25, 0.3) is 0 Å². The van der Waals surface area contributed by atoms with Crippen molar-refractivity contribution in [3.63, 3.8) is 0 Å². The monoisotopic (exact) mass is 380 g/mol. The number of nitrogens with one attached hydrogen (secondary N) is 2. The Bertz CT molecular complexity index is 746. The van der Waals surface area contributed by atoms with Crippen LogP contribution in [0.3, 0.4) is 0 Å². The van der Waals surface area contributed by atoms with Gasteiger partial charge >= 0.3 is 0 Å². The summed E-state index contributed by atoms with van der Waals surface area (Å²) in [5, 5.41) is 11.0. The molecule has 1 heterocycles. The van der Waals surface area contributed by atoms with Gasteiger partial charge in [-0.15, -0.1) is 0 Å². The van der Waals surface area contributed by atoms with E-state index in [1.807, 2.05) is 11.8 Å². The zero-order valence-electron chi connectivity index (χ0n) is 15.7. The van der Waals surface area contributed by atoms with Gasteiger partial charge in [-0.1, -0.05) is 25.5 Å². The van der Waals surface area contributed by atoms with Crippen LogP contribution in [0, 0.1) is 5.41 Å². The molecular formula is C18H28N4O3S. The molecule has 0 aromatic heterocycles. The van der Waals surface area contributed by atoms with Crippen LogP contribution in [-0.2, 0) is 21.2 Å². The van der Waals surface area contributed by atoms with Gasteiger partial charge in [0.2, 0.25) is 11.9 Å². The summed E-state index contributed by atoms with van der Waals surface area (Å²) in [5.74, 6) is -0.0290. The van der Waals surface area contributed by atoms with Crippen LogP contribution >= 0.6 is 0 Å². The van der Waals surface area contributed by atoms with Gasteiger partial charge in [-0.3, -0.25) is 10.2 Å². The van der Waals surface area contributed by atoms with Crippen LogP contribution in [0.4, 0.5) is 0 Å². The molecule has 2 N–H and O–H groups in total. The number of guanidine groups is 1. The Kier molecular flexibility index (Phi) is 6.63. The Balaban J connectivity index is 2.07. The molecule has 0 aliphatic carbocycles. The number of sulfonamides is 1. The van der Waals surface area contributed by atoms with Crippen molar-refractivity contribution in [2.24, 2.45) is 0 Å². The summed E-state index contributed by atoms with van der Waals surface area (Å²) < 4.78 is 26.9. The van der Waals surface area contributed by atoms with Crippen molar-refractivity contribution in [3.8, 4) is 0 Å². The zero-order valence-corrected chi connectivity index (χ0v) is 16.5. The fraction of sp³-hybridized carbons (Fsp3) is 0.556. The summed E-state index contributed by atoms with van der Waals surface area (Å²) in [5.41, 5.74) is 0.950. The molecule has 2 rings (SSSR count). The number of amides is 1. The van der Waals surface area contributed by atoms with Gasteiger partial charge in [0.25, 0.3) is 10.0 Å². The minimum absolute atomic E-state index is 0.0196. The Morgan fingerprint density at radius 3 is 2.50 bits per heavy atom. The van der Waals surface area contributed by atoms with E-state index in [0.717, 1.165) is 18.4 Å². The van der Waals surface area contributed by atoms with Crippen LogP contribution < -0.4 is 5.32 Å². The highest BCUT2D eigenvalue weighted by molar-refractivity contribution is 7.89. The Labute approximate surface area is 155 Å². The molecule has 1 unspecified atom stereocenters. The van der Waals surface area contributed by atoms with Crippen LogP contribution in [0.15, 0.2) is 29.2 Å². The molecule has 144 valence electrons. The second kappa shape index (κ2) is 8.53. The lowest BCUT2D eigenvalue weighted by atomic mass is 10.1. The predicted octanol–water partition coefficient (Wildman–Crippen LogP) is 1.79. The van der Waals surface area contributed by atoms with E-state index in [1.54, 1.807) is 24.3 Å². The molecule has 1 fully saturated rings. The number of carbonyl (C=O) groups excluding carboxylic acids is 1. The first-order valence-electron chi connectivity index (χ1n) is 8.98. The maximum absolute atomic E-state index is 12.8. The van der Waals surface area contributed by atoms with Crippen LogP contribution in [-0.4, -0.2) is 55.2 Å². The summed E-state index contributed by atoms with van der Waals surface area (Å²) in [6.07, 6.45) is 2.58. The van der Waals surface area contributed by atoms with E-state index in [2.05, 4.69) is 12.2 Å². The standard InChI is InChI=1S/C18H28N4O3S/c1-4-5-10-21-11-12-22(18(21)19)26(24,25)17-8-6-16(7-9-17)13-14(2)20-15(3)23/h6-9,14,19H,4-5,10-13H2,1-3H3,(H,20,23). The Morgan fingerprint density at radius 2 is 1.92 bits per heavy atom. The molecule has 1 saturated heterocycles. The van der Waals surface area contributed by atoms with Gasteiger partial charge < -0.3 is 10.2 Å². The Hall–Kier alpha value is -2.09. The van der Waals surface area contributed by atoms with E-state index in [9.17, 15) is 13.2 Å². The van der Waals surface area contributed by atoms with E-state index in [4.69, 9.17) is 5.41 Å². The van der Waals surface area contributed by atoms with Gasteiger partial charge in [0.1, 0.15) is 0 Å². The largest absolute Gasteiger partial charge is 0.354 e. The summed E-state index contributed by atoms with van der Waals surface area (Å²) >= 11 is 0. The van der Waals surface area contributed by atoms with Crippen molar-refractivity contribution in [1.82, 2.24) is 14.5 Å². The molecule has 8 heteroatoms. The minimum Gasteiger partial charge on any atom is -0.354 e. The minimum atomic E-state index is -3.71. The molecule has 1 aliphatic heterocycles. The molecule has 0 spiro atoms. The van der Waals surface area contributed by atoms with Gasteiger partial charge in [0.15, 0.2) is 0 Å². The van der Waals surface area contributed by atoms with E-state index in [-0.39, 0.29) is 22.8 Å². The van der Waals surface area contributed by atoms with E-state index < -0.39 is 10.0 Å². The molecule has 1 amide bonds. The van der Waals surface area contributed by atoms with Gasteiger partial charge in [0, 0.05) is 26.1 Å². The molecule has 0 bridgehead atoms. The molecule has 7 nitrogen and oxygen atoms in total. The molecular weight excluding hydrogens is 352 g/mol. The SMILES string of the molecule is CCCCN1CCN(S(=O)(=O)c2ccc(CC(C)NC(C)=O)cc2)C1=N. The average molecular weight is 381 g/mol. The molecule has 26 heavy (non-hydrogen) atoms. The van der Waals surface area contributed by atoms with Gasteiger partial charge in [0.05, 0.1) is 11.4 Å². The van der Waals surface area contributed by atoms with Crippen molar-refractivity contribution >= 4 is 21.9 Å². The highest BCUT2D eigenvalue weighted by Gasteiger charge is 2.34. The second-order valence-corrected chi connectivity index (χ2v) is 8.55. The third-order valence-corrected chi connectivity index (χ3v) is 6.20. The number of unbranched alkanes of at least 4 members (excludes halogenated alkanes) is 1. The fourth-order valence-corrected chi connectivity index (χ4v) is 4.46. The summed E-state index contributed by atoms with van der Waals surface area (Å²) in [6, 6.07) is 6.66. The van der Waals surface area contributed by atoms with Crippen LogP contribution in [0.2, 0.25) is 0 Å². The number of carbonyl (C=O) groups is 1. The number of hydrogen-bond acceptors (Lipinski definition) is 4. The molecule has 0 saturated carbocycles. The van der Waals surface area contributed by atoms with Gasteiger partial charge in [-0.25, -0.2) is 12.7 Å². The number of benzene rings is 1. The molecule has 1 aliphatic rings. The quantitative estimate of drug-likeness (QED) is 0.719. The predicted molar refractivity (Wildman–Crippen MR) is 102 cm³/mol. The third kappa shape index (κ3) is 4.75. The van der Waals surface area contributed by atoms with Gasteiger partial charge in [-0.05, 0) is 37.5 Å². The smallest absolute Gasteiger partial charge is 0.266 e. The molecule has 1 aromatic carbocycles. The maximum Gasteiger partial charge on any atom is 0.266 e. The second-order valence-electron chi connectivity index (χ2n) is 6.69. The van der Waals surface area contributed by atoms with Crippen molar-refractivity contribution in [2.45, 2.75) is 51.0 Å². The molecule has 0 radical (unpaired) electrons. The average Bonchev–Trinajstić information content (AvgIpc) is 2.94. The third-order valence-electron chi connectivity index (χ3n) is 4.39. The topological polar surface area (TPSA) is 93.6 Å². The Morgan fingerprint density at radius 1 is 1.27 bits per heavy atom. The first kappa shape index (κ1) is 20.2. The highest BCUT2D eigenvalue weighted by Crippen LogP contribution is 2.21. The number of nitrogens with zero attached hydrogens (tertiary/aromatic N) is 2. The summed E-state index contributed by atoms with van der Waals surface area (Å²) in [6.45, 7) is 7.03. The lowest BCUT2D eigenvalue weighted by Gasteiger charge is -2.21. The van der Waals surface area contributed by atoms with Crippen molar-refractivity contribution < 1.29 is 13.2 Å². The maximum atomic E-state index is 12.8. The summed E-state index contributed by atoms with van der Waals surface area (Å²) in [7, 11) is -3.71. The number of hydrogen-bond donors (Lipinski definition) is 2. The zero-order chi connectivity index (χ0) is 19.3. The lowest BCUT2D eigenvalue weighted by Crippen LogP contribution is -2.37. The van der Waals surface area contributed by atoms with E-state index in [1.165, 1.54) is 11.2 Å². The molecule has 1 aromatic rings. The van der Waals surface area contributed by atoms with E-state index >= 15 is 0 Å². The fourth-order valence-electron chi connectivity index (χ4n) is 3.06. The molecule has 1 atom stereocenters.